The van der Waals surface area contributed by atoms with E-state index in [4.69, 9.17) is 11.6 Å². The van der Waals surface area contributed by atoms with Crippen LogP contribution in [0.15, 0.2) is 29.2 Å². The van der Waals surface area contributed by atoms with Gasteiger partial charge >= 0.3 is 0 Å². The lowest BCUT2D eigenvalue weighted by Crippen LogP contribution is -2.29. The lowest BCUT2D eigenvalue weighted by atomic mass is 10.1. The van der Waals surface area contributed by atoms with Crippen molar-refractivity contribution in [1.29, 1.82) is 0 Å². The molecule has 0 N–H and O–H groups in total. The Morgan fingerprint density at radius 2 is 1.89 bits per heavy atom. The molecule has 108 valence electrons. The summed E-state index contributed by atoms with van der Waals surface area (Å²) in [5.74, 6) is 1.42. The average Bonchev–Trinajstić information content (AvgIpc) is 2.42. The van der Waals surface area contributed by atoms with Gasteiger partial charge in [0.1, 0.15) is 0 Å². The van der Waals surface area contributed by atoms with Crippen LogP contribution in [0.1, 0.15) is 12.0 Å². The monoisotopic (exact) mass is 321 g/mol. The van der Waals surface area contributed by atoms with Gasteiger partial charge in [0.15, 0.2) is 0 Å². The van der Waals surface area contributed by atoms with Crippen molar-refractivity contribution in [3.8, 4) is 0 Å². The Hall–Kier alpha value is -0.230. The molecule has 0 aromatic heterocycles. The number of hydrogen-bond donors (Lipinski definition) is 0. The maximum Gasteiger partial charge on any atom is 0.242 e. The molecule has 0 heterocycles. The Bertz CT molecular complexity index is 474. The van der Waals surface area contributed by atoms with Gasteiger partial charge in [-0.05, 0) is 36.8 Å². The van der Waals surface area contributed by atoms with Gasteiger partial charge in [-0.15, -0.1) is 11.6 Å². The number of nitrogens with zero attached hydrogens (tertiary/aromatic N) is 1. The van der Waals surface area contributed by atoms with E-state index in [9.17, 15) is 8.42 Å². The molecule has 0 bridgehead atoms. The molecule has 0 aliphatic rings. The molecule has 0 fully saturated rings. The second-order valence-corrected chi connectivity index (χ2v) is 7.66. The van der Waals surface area contributed by atoms with E-state index in [1.807, 2.05) is 18.4 Å². The molecule has 19 heavy (non-hydrogen) atoms. The van der Waals surface area contributed by atoms with Crippen LogP contribution < -0.4 is 0 Å². The molecule has 1 aromatic carbocycles. The van der Waals surface area contributed by atoms with E-state index < -0.39 is 10.0 Å². The Kier molecular flexibility index (Phi) is 7.21. The Morgan fingerprint density at radius 1 is 1.26 bits per heavy atom. The van der Waals surface area contributed by atoms with Gasteiger partial charge in [0, 0.05) is 25.2 Å². The molecule has 6 heteroatoms. The Balaban J connectivity index is 2.78. The summed E-state index contributed by atoms with van der Waals surface area (Å²) in [7, 11) is -1.74. The van der Waals surface area contributed by atoms with Crippen LogP contribution >= 0.6 is 23.4 Å². The number of thioether (sulfide) groups is 1. The second kappa shape index (κ2) is 8.15. The van der Waals surface area contributed by atoms with Gasteiger partial charge in [-0.25, -0.2) is 12.7 Å². The zero-order chi connectivity index (χ0) is 14.3. The Morgan fingerprint density at radius 3 is 2.42 bits per heavy atom. The Labute approximate surface area is 125 Å². The van der Waals surface area contributed by atoms with Gasteiger partial charge < -0.3 is 0 Å². The van der Waals surface area contributed by atoms with Crippen molar-refractivity contribution < 1.29 is 8.42 Å². The SMILES string of the molecule is CSCCN(C)S(=O)(=O)c1ccc(CCCCl)cc1. The van der Waals surface area contributed by atoms with Gasteiger partial charge in [0.2, 0.25) is 10.0 Å². The summed E-state index contributed by atoms with van der Waals surface area (Å²) in [6, 6.07) is 7.08. The predicted molar refractivity (Wildman–Crippen MR) is 83.7 cm³/mol. The summed E-state index contributed by atoms with van der Waals surface area (Å²) in [5, 5.41) is 0. The van der Waals surface area contributed by atoms with Gasteiger partial charge in [0.05, 0.1) is 4.90 Å². The van der Waals surface area contributed by atoms with E-state index in [1.165, 1.54) is 4.31 Å². The summed E-state index contributed by atoms with van der Waals surface area (Å²) >= 11 is 7.27. The lowest BCUT2D eigenvalue weighted by molar-refractivity contribution is 0.488. The number of hydrogen-bond acceptors (Lipinski definition) is 3. The highest BCUT2D eigenvalue weighted by Crippen LogP contribution is 2.16. The largest absolute Gasteiger partial charge is 0.242 e. The quantitative estimate of drug-likeness (QED) is 0.691. The molecule has 0 saturated heterocycles. The van der Waals surface area contributed by atoms with Gasteiger partial charge in [-0.3, -0.25) is 0 Å². The van der Waals surface area contributed by atoms with Crippen molar-refractivity contribution in [1.82, 2.24) is 4.31 Å². The summed E-state index contributed by atoms with van der Waals surface area (Å²) in [5.41, 5.74) is 1.12. The zero-order valence-corrected chi connectivity index (χ0v) is 13.7. The highest BCUT2D eigenvalue weighted by Gasteiger charge is 2.19. The van der Waals surface area contributed by atoms with Crippen molar-refractivity contribution in [2.45, 2.75) is 17.7 Å². The summed E-state index contributed by atoms with van der Waals surface area (Å²) in [6.07, 6.45) is 3.75. The summed E-state index contributed by atoms with van der Waals surface area (Å²) < 4.78 is 25.9. The maximum absolute atomic E-state index is 12.3. The highest BCUT2D eigenvalue weighted by atomic mass is 35.5. The summed E-state index contributed by atoms with van der Waals surface area (Å²) in [6.45, 7) is 0.525. The van der Waals surface area contributed by atoms with Crippen LogP contribution in [0.3, 0.4) is 0 Å². The third kappa shape index (κ3) is 4.99. The van der Waals surface area contributed by atoms with Crippen molar-refractivity contribution in [3.05, 3.63) is 29.8 Å². The van der Waals surface area contributed by atoms with Crippen molar-refractivity contribution in [2.24, 2.45) is 0 Å². The van der Waals surface area contributed by atoms with Crippen LogP contribution in [-0.4, -0.2) is 44.2 Å². The molecule has 0 amide bonds. The molecule has 0 radical (unpaired) electrons. The van der Waals surface area contributed by atoms with E-state index in [0.29, 0.717) is 17.3 Å². The first-order chi connectivity index (χ1) is 9.02. The number of sulfonamides is 1. The molecule has 1 rings (SSSR count). The lowest BCUT2D eigenvalue weighted by Gasteiger charge is -2.16. The topological polar surface area (TPSA) is 37.4 Å². The number of alkyl halides is 1. The molecule has 0 spiro atoms. The van der Waals surface area contributed by atoms with Gasteiger partial charge in [-0.2, -0.15) is 11.8 Å². The van der Waals surface area contributed by atoms with Crippen LogP contribution in [0, 0.1) is 0 Å². The molecular weight excluding hydrogens is 302 g/mol. The van der Waals surface area contributed by atoms with Gasteiger partial charge in [-0.1, -0.05) is 12.1 Å². The number of benzene rings is 1. The van der Waals surface area contributed by atoms with E-state index in [1.54, 1.807) is 30.9 Å². The molecule has 0 atom stereocenters. The molecular formula is C13H20ClNO2S2. The third-order valence-corrected chi connectivity index (χ3v) is 5.57. The fraction of sp³-hybridized carbons (Fsp3) is 0.538. The third-order valence-electron chi connectivity index (χ3n) is 2.84. The minimum atomic E-state index is -3.35. The smallest absolute Gasteiger partial charge is 0.207 e. The number of aryl methyl sites for hydroxylation is 1. The fourth-order valence-corrected chi connectivity index (χ4v) is 3.50. The standard InChI is InChI=1S/C13H20ClNO2S2/c1-15(10-11-18-2)19(16,17)13-7-5-12(6-8-13)4-3-9-14/h5-8H,3-4,9-11H2,1-2H3. The van der Waals surface area contributed by atoms with E-state index in [2.05, 4.69) is 0 Å². The van der Waals surface area contributed by atoms with Crippen LogP contribution in [0.25, 0.3) is 0 Å². The number of halogens is 1. The van der Waals surface area contributed by atoms with E-state index in [0.717, 1.165) is 24.2 Å². The normalized spacial score (nSPS) is 12.0. The minimum absolute atomic E-state index is 0.353. The van der Waals surface area contributed by atoms with Crippen molar-refractivity contribution in [3.63, 3.8) is 0 Å². The average molecular weight is 322 g/mol. The van der Waals surface area contributed by atoms with Crippen LogP contribution in [-0.2, 0) is 16.4 Å². The first-order valence-corrected chi connectivity index (χ1v) is 9.49. The van der Waals surface area contributed by atoms with Crippen LogP contribution in [0.2, 0.25) is 0 Å². The molecule has 0 aliphatic heterocycles. The molecule has 0 aliphatic carbocycles. The van der Waals surface area contributed by atoms with Crippen molar-refractivity contribution in [2.75, 3.05) is 31.5 Å². The van der Waals surface area contributed by atoms with Crippen molar-refractivity contribution >= 4 is 33.4 Å². The second-order valence-electron chi connectivity index (χ2n) is 4.26. The number of rotatable bonds is 8. The van der Waals surface area contributed by atoms with Gasteiger partial charge in [0.25, 0.3) is 0 Å². The maximum atomic E-state index is 12.3. The molecule has 3 nitrogen and oxygen atoms in total. The molecule has 0 unspecified atom stereocenters. The summed E-state index contributed by atoms with van der Waals surface area (Å²) in [4.78, 5) is 0.353. The highest BCUT2D eigenvalue weighted by molar-refractivity contribution is 7.98. The van der Waals surface area contributed by atoms with Crippen LogP contribution in [0.4, 0.5) is 0 Å². The van der Waals surface area contributed by atoms with E-state index >= 15 is 0 Å². The fourth-order valence-electron chi connectivity index (χ4n) is 1.62. The zero-order valence-electron chi connectivity index (χ0n) is 11.3. The minimum Gasteiger partial charge on any atom is -0.207 e. The molecule has 0 saturated carbocycles. The van der Waals surface area contributed by atoms with Crippen LogP contribution in [0.5, 0.6) is 0 Å². The molecule has 1 aromatic rings. The first-order valence-electron chi connectivity index (χ1n) is 6.12. The van der Waals surface area contributed by atoms with E-state index in [-0.39, 0.29) is 0 Å². The predicted octanol–water partition coefficient (Wildman–Crippen LogP) is 2.84. The first kappa shape index (κ1) is 16.8.